The fourth-order valence-electron chi connectivity index (χ4n) is 10.7. The van der Waals surface area contributed by atoms with Gasteiger partial charge in [-0.15, -0.1) is 0 Å². The second-order valence-corrected chi connectivity index (χ2v) is 23.2. The summed E-state index contributed by atoms with van der Waals surface area (Å²) < 4.78 is 5.48. The van der Waals surface area contributed by atoms with Gasteiger partial charge in [0.2, 0.25) is 5.91 Å². The largest absolute Gasteiger partial charge is 0.466 e. The van der Waals surface area contributed by atoms with Crippen LogP contribution in [0.3, 0.4) is 0 Å². The molecule has 0 radical (unpaired) electrons. The molecule has 0 rings (SSSR count). The third-order valence-electron chi connectivity index (χ3n) is 15.8. The molecule has 6 nitrogen and oxygen atoms in total. The van der Waals surface area contributed by atoms with E-state index < -0.39 is 12.1 Å². The number of hydrogen-bond donors (Lipinski definition) is 3. The lowest BCUT2D eigenvalue weighted by molar-refractivity contribution is -0.143. The van der Waals surface area contributed by atoms with Crippen molar-refractivity contribution in [3.63, 3.8) is 0 Å². The molecule has 0 aromatic rings. The minimum Gasteiger partial charge on any atom is -0.466 e. The van der Waals surface area contributed by atoms with E-state index in [1.54, 1.807) is 0 Å². The number of carbonyl (C=O) groups excluding carboxylic acids is 2. The number of allylic oxidation sites excluding steroid dienone is 2. The number of rotatable bonds is 63. The van der Waals surface area contributed by atoms with Gasteiger partial charge in [-0.2, -0.15) is 0 Å². The van der Waals surface area contributed by atoms with Crippen LogP contribution in [0.1, 0.15) is 380 Å². The van der Waals surface area contributed by atoms with Gasteiger partial charge in [0.05, 0.1) is 25.4 Å². The molecule has 1 amide bonds. The number of esters is 1. The van der Waals surface area contributed by atoms with Gasteiger partial charge in [0.25, 0.3) is 0 Å². The van der Waals surface area contributed by atoms with E-state index in [9.17, 15) is 19.8 Å². The zero-order valence-corrected chi connectivity index (χ0v) is 49.6. The van der Waals surface area contributed by atoms with E-state index in [1.807, 2.05) is 0 Å². The number of nitrogens with one attached hydrogen (secondary N) is 1. The fourth-order valence-corrected chi connectivity index (χ4v) is 10.7. The summed E-state index contributed by atoms with van der Waals surface area (Å²) in [5.41, 5.74) is 0. The van der Waals surface area contributed by atoms with Gasteiger partial charge in [0.1, 0.15) is 0 Å². The summed E-state index contributed by atoms with van der Waals surface area (Å²) in [5, 5.41) is 23.3. The van der Waals surface area contributed by atoms with Crippen molar-refractivity contribution in [2.45, 2.75) is 392 Å². The van der Waals surface area contributed by atoms with Gasteiger partial charge in [-0.3, -0.25) is 9.59 Å². The summed E-state index contributed by atoms with van der Waals surface area (Å²) in [6.45, 7) is 4.97. The topological polar surface area (TPSA) is 95.9 Å². The van der Waals surface area contributed by atoms with Crippen molar-refractivity contribution in [2.75, 3.05) is 13.2 Å². The van der Waals surface area contributed by atoms with Crippen LogP contribution in [0.5, 0.6) is 0 Å². The molecule has 0 saturated heterocycles. The minimum absolute atomic E-state index is 0.0102. The SMILES string of the molecule is CCCCCC/C=C\CCCCCCCC(=O)OCCCCCCCCCCCCCCCCCCCCCCCCCCCCCCC(=O)NC(CO)C(O)CCCCCCCCCCCCCCCCC. The maximum Gasteiger partial charge on any atom is 0.305 e. The molecule has 2 atom stereocenters. The monoisotopic (exact) mass is 1030 g/mol. The average molecular weight is 1030 g/mol. The summed E-state index contributed by atoms with van der Waals surface area (Å²) in [6.07, 6.45) is 76.8. The Morgan fingerprint density at radius 2 is 0.644 bits per heavy atom. The molecule has 2 unspecified atom stereocenters. The molecule has 0 aliphatic heterocycles. The molecular weight excluding hydrogens is 899 g/mol. The van der Waals surface area contributed by atoms with Crippen LogP contribution in [-0.4, -0.2) is 47.4 Å². The van der Waals surface area contributed by atoms with Crippen molar-refractivity contribution in [2.24, 2.45) is 0 Å². The Kier molecular flexibility index (Phi) is 61.9. The van der Waals surface area contributed by atoms with Crippen molar-refractivity contribution in [3.8, 4) is 0 Å². The Hall–Kier alpha value is -1.40. The molecule has 0 saturated carbocycles. The Bertz CT molecular complexity index is 1100. The number of aliphatic hydroxyl groups is 2. The molecule has 434 valence electrons. The van der Waals surface area contributed by atoms with E-state index in [0.717, 1.165) is 44.9 Å². The van der Waals surface area contributed by atoms with Crippen LogP contribution in [0.15, 0.2) is 12.2 Å². The maximum atomic E-state index is 12.5. The molecule has 0 bridgehead atoms. The van der Waals surface area contributed by atoms with Crippen LogP contribution in [-0.2, 0) is 14.3 Å². The highest BCUT2D eigenvalue weighted by Crippen LogP contribution is 2.19. The van der Waals surface area contributed by atoms with Gasteiger partial charge >= 0.3 is 5.97 Å². The van der Waals surface area contributed by atoms with Crippen LogP contribution < -0.4 is 5.32 Å². The average Bonchev–Trinajstić information content (AvgIpc) is 3.39. The molecule has 0 aliphatic carbocycles. The lowest BCUT2D eigenvalue weighted by Gasteiger charge is -2.22. The minimum atomic E-state index is -0.661. The highest BCUT2D eigenvalue weighted by Gasteiger charge is 2.20. The molecule has 73 heavy (non-hydrogen) atoms. The quantitative estimate of drug-likeness (QED) is 0.0320. The Balaban J connectivity index is 3.33. The third kappa shape index (κ3) is 59.7. The van der Waals surface area contributed by atoms with E-state index in [0.29, 0.717) is 25.9 Å². The third-order valence-corrected chi connectivity index (χ3v) is 15.8. The number of ether oxygens (including phenoxy) is 1. The number of amides is 1. The van der Waals surface area contributed by atoms with Crippen molar-refractivity contribution in [1.29, 1.82) is 0 Å². The van der Waals surface area contributed by atoms with Gasteiger partial charge in [0, 0.05) is 12.8 Å². The lowest BCUT2D eigenvalue weighted by Crippen LogP contribution is -2.45. The molecule has 0 aromatic carbocycles. The fraction of sp³-hybridized carbons (Fsp3) is 0.940. The molecule has 0 aliphatic rings. The van der Waals surface area contributed by atoms with Crippen molar-refractivity contribution in [3.05, 3.63) is 12.2 Å². The first kappa shape index (κ1) is 71.6. The summed E-state index contributed by atoms with van der Waals surface area (Å²) in [7, 11) is 0. The first-order valence-corrected chi connectivity index (χ1v) is 33.4. The van der Waals surface area contributed by atoms with Crippen LogP contribution in [0.25, 0.3) is 0 Å². The predicted octanol–water partition coefficient (Wildman–Crippen LogP) is 21.2. The van der Waals surface area contributed by atoms with E-state index in [-0.39, 0.29) is 18.5 Å². The zero-order chi connectivity index (χ0) is 52.9. The first-order valence-electron chi connectivity index (χ1n) is 33.4. The van der Waals surface area contributed by atoms with E-state index in [4.69, 9.17) is 4.74 Å². The normalized spacial score (nSPS) is 12.5. The number of aliphatic hydroxyl groups excluding tert-OH is 2. The first-order chi connectivity index (χ1) is 36.0. The summed E-state index contributed by atoms with van der Waals surface area (Å²) in [5.74, 6) is -0.0186. The van der Waals surface area contributed by atoms with Gasteiger partial charge in [-0.25, -0.2) is 0 Å². The van der Waals surface area contributed by atoms with Crippen LogP contribution >= 0.6 is 0 Å². The molecule has 0 aromatic heterocycles. The highest BCUT2D eigenvalue weighted by molar-refractivity contribution is 5.76. The van der Waals surface area contributed by atoms with Gasteiger partial charge in [-0.05, 0) is 51.4 Å². The van der Waals surface area contributed by atoms with Crippen molar-refractivity contribution in [1.82, 2.24) is 5.32 Å². The van der Waals surface area contributed by atoms with Gasteiger partial charge in [0.15, 0.2) is 0 Å². The number of carbonyl (C=O) groups is 2. The second-order valence-electron chi connectivity index (χ2n) is 23.2. The molecule has 0 fully saturated rings. The van der Waals surface area contributed by atoms with Crippen molar-refractivity contribution < 1.29 is 24.5 Å². The van der Waals surface area contributed by atoms with Gasteiger partial charge < -0.3 is 20.3 Å². The van der Waals surface area contributed by atoms with E-state index in [2.05, 4.69) is 31.3 Å². The Labute approximate surface area is 457 Å². The Morgan fingerprint density at radius 3 is 0.986 bits per heavy atom. The van der Waals surface area contributed by atoms with Crippen LogP contribution in [0, 0.1) is 0 Å². The van der Waals surface area contributed by atoms with Crippen LogP contribution in [0.4, 0.5) is 0 Å². The summed E-state index contributed by atoms with van der Waals surface area (Å²) >= 11 is 0. The number of hydrogen-bond acceptors (Lipinski definition) is 5. The smallest absolute Gasteiger partial charge is 0.305 e. The zero-order valence-electron chi connectivity index (χ0n) is 49.6. The van der Waals surface area contributed by atoms with E-state index in [1.165, 1.54) is 302 Å². The second kappa shape index (κ2) is 63.1. The predicted molar refractivity (Wildman–Crippen MR) is 320 cm³/mol. The summed E-state index contributed by atoms with van der Waals surface area (Å²) in [6, 6.07) is -0.538. The maximum absolute atomic E-state index is 12.5. The lowest BCUT2D eigenvalue weighted by atomic mass is 10.0. The van der Waals surface area contributed by atoms with Gasteiger partial charge in [-0.1, -0.05) is 328 Å². The molecule has 0 heterocycles. The molecule has 3 N–H and O–H groups in total. The Morgan fingerprint density at radius 1 is 0.370 bits per heavy atom. The highest BCUT2D eigenvalue weighted by atomic mass is 16.5. The van der Waals surface area contributed by atoms with Crippen LogP contribution in [0.2, 0.25) is 0 Å². The molecule has 6 heteroatoms. The molecule has 0 spiro atoms. The molecular formula is C67H131NO5. The van der Waals surface area contributed by atoms with Crippen molar-refractivity contribution >= 4 is 11.9 Å². The summed E-state index contributed by atoms with van der Waals surface area (Å²) in [4.78, 5) is 24.5. The van der Waals surface area contributed by atoms with E-state index >= 15 is 0 Å². The standard InChI is InChI=1S/C67H131NO5/c1-3-5-7-9-11-13-15-17-32-36-39-43-47-51-55-59-65(70)64(63-69)68-66(71)60-56-52-48-44-40-37-33-30-28-26-24-22-20-18-19-21-23-25-27-29-31-34-38-42-46-50-54-58-62-73-67(72)61-57-53-49-45-41-35-16-14-12-10-8-6-4-2/h14,16,64-65,69-70H,3-13,15,17-63H2,1-2H3,(H,68,71)/b16-14-. The number of unbranched alkanes of at least 4 members (excludes halogenated alkanes) is 50.